The van der Waals surface area contributed by atoms with Crippen LogP contribution in [0.4, 0.5) is 0 Å². The van der Waals surface area contributed by atoms with Crippen LogP contribution in [0.2, 0.25) is 0 Å². The lowest BCUT2D eigenvalue weighted by Gasteiger charge is -2.12. The van der Waals surface area contributed by atoms with Gasteiger partial charge < -0.3 is 4.74 Å². The minimum atomic E-state index is 0.906. The van der Waals surface area contributed by atoms with E-state index in [1.165, 1.54) is 5.56 Å². The van der Waals surface area contributed by atoms with E-state index in [1.807, 2.05) is 29.1 Å². The second-order valence-corrected chi connectivity index (χ2v) is 3.27. The molecule has 0 fully saturated rings. The zero-order chi connectivity index (χ0) is 10.7. The van der Waals surface area contributed by atoms with E-state index in [1.54, 1.807) is 13.3 Å². The van der Waals surface area contributed by atoms with Crippen molar-refractivity contribution in [3.63, 3.8) is 0 Å². The Morgan fingerprint density at radius 3 is 2.80 bits per heavy atom. The second-order valence-electron chi connectivity index (χ2n) is 3.27. The molecule has 2 aromatic rings. The van der Waals surface area contributed by atoms with Gasteiger partial charge in [0.2, 0.25) is 0 Å². The van der Waals surface area contributed by atoms with Crippen molar-refractivity contribution in [1.29, 1.82) is 0 Å². The van der Waals surface area contributed by atoms with E-state index < -0.39 is 0 Å². The Kier molecular flexibility index (Phi) is 2.72. The molecule has 0 unspecified atom stereocenters. The first kappa shape index (κ1) is 9.77. The van der Waals surface area contributed by atoms with Gasteiger partial charge in [-0.05, 0) is 24.1 Å². The largest absolute Gasteiger partial charge is 0.494 e. The van der Waals surface area contributed by atoms with Gasteiger partial charge in [-0.2, -0.15) is 5.10 Å². The Balaban J connectivity index is 2.56. The molecule has 0 aliphatic heterocycles. The summed E-state index contributed by atoms with van der Waals surface area (Å²) in [5, 5.41) is 4.21. The van der Waals surface area contributed by atoms with E-state index in [0.717, 1.165) is 17.9 Å². The minimum Gasteiger partial charge on any atom is -0.494 e. The van der Waals surface area contributed by atoms with Gasteiger partial charge in [0.1, 0.15) is 11.4 Å². The molecular formula is C12H14N2O. The maximum Gasteiger partial charge on any atom is 0.147 e. The smallest absolute Gasteiger partial charge is 0.147 e. The van der Waals surface area contributed by atoms with Crippen LogP contribution in [0.15, 0.2) is 36.7 Å². The SMILES string of the molecule is CCc1cccc(-n2cccn2)c1OC. The van der Waals surface area contributed by atoms with Crippen LogP contribution in [0.5, 0.6) is 5.75 Å². The summed E-state index contributed by atoms with van der Waals surface area (Å²) in [5.41, 5.74) is 2.19. The third-order valence-electron chi connectivity index (χ3n) is 2.41. The van der Waals surface area contributed by atoms with Crippen molar-refractivity contribution in [1.82, 2.24) is 9.78 Å². The topological polar surface area (TPSA) is 27.1 Å². The zero-order valence-corrected chi connectivity index (χ0v) is 8.97. The Morgan fingerprint density at radius 1 is 1.33 bits per heavy atom. The number of hydrogen-bond acceptors (Lipinski definition) is 2. The molecule has 2 rings (SSSR count). The van der Waals surface area contributed by atoms with Gasteiger partial charge in [-0.15, -0.1) is 0 Å². The number of ether oxygens (including phenoxy) is 1. The molecule has 0 atom stereocenters. The highest BCUT2D eigenvalue weighted by Crippen LogP contribution is 2.26. The van der Waals surface area contributed by atoms with E-state index in [-0.39, 0.29) is 0 Å². The molecule has 0 radical (unpaired) electrons. The van der Waals surface area contributed by atoms with Crippen molar-refractivity contribution in [3.05, 3.63) is 42.2 Å². The van der Waals surface area contributed by atoms with Gasteiger partial charge in [0.05, 0.1) is 7.11 Å². The average Bonchev–Trinajstić information content (AvgIpc) is 2.81. The van der Waals surface area contributed by atoms with Crippen LogP contribution < -0.4 is 4.74 Å². The number of rotatable bonds is 3. The quantitative estimate of drug-likeness (QED) is 0.764. The van der Waals surface area contributed by atoms with Crippen molar-refractivity contribution < 1.29 is 4.74 Å². The van der Waals surface area contributed by atoms with Crippen molar-refractivity contribution >= 4 is 0 Å². The Bertz CT molecular complexity index is 435. The molecule has 0 bridgehead atoms. The van der Waals surface area contributed by atoms with Gasteiger partial charge in [-0.25, -0.2) is 4.68 Å². The molecule has 0 saturated carbocycles. The summed E-state index contributed by atoms with van der Waals surface area (Å²) >= 11 is 0. The van der Waals surface area contributed by atoms with Gasteiger partial charge in [0.15, 0.2) is 0 Å². The first-order chi connectivity index (χ1) is 7.36. The Morgan fingerprint density at radius 2 is 2.20 bits per heavy atom. The molecule has 1 aromatic carbocycles. The molecule has 15 heavy (non-hydrogen) atoms. The van der Waals surface area contributed by atoms with Crippen LogP contribution in [0.1, 0.15) is 12.5 Å². The molecule has 0 spiro atoms. The highest BCUT2D eigenvalue weighted by atomic mass is 16.5. The molecule has 0 amide bonds. The molecule has 78 valence electrons. The van der Waals surface area contributed by atoms with Gasteiger partial charge in [0, 0.05) is 12.4 Å². The number of para-hydroxylation sites is 1. The first-order valence-corrected chi connectivity index (χ1v) is 5.02. The second kappa shape index (κ2) is 4.17. The van der Waals surface area contributed by atoms with Gasteiger partial charge in [-0.1, -0.05) is 19.1 Å². The van der Waals surface area contributed by atoms with Crippen LogP contribution >= 0.6 is 0 Å². The molecular weight excluding hydrogens is 188 g/mol. The maximum atomic E-state index is 5.43. The number of methoxy groups -OCH3 is 1. The molecule has 1 aromatic heterocycles. The summed E-state index contributed by atoms with van der Waals surface area (Å²) in [7, 11) is 1.70. The third-order valence-corrected chi connectivity index (χ3v) is 2.41. The number of aromatic nitrogens is 2. The Labute approximate surface area is 89.3 Å². The number of aryl methyl sites for hydroxylation is 1. The predicted octanol–water partition coefficient (Wildman–Crippen LogP) is 2.44. The number of hydrogen-bond donors (Lipinski definition) is 0. The van der Waals surface area contributed by atoms with Crippen LogP contribution in [0, 0.1) is 0 Å². The van der Waals surface area contributed by atoms with E-state index in [9.17, 15) is 0 Å². The van der Waals surface area contributed by atoms with E-state index in [4.69, 9.17) is 4.74 Å². The summed E-state index contributed by atoms with van der Waals surface area (Å²) in [4.78, 5) is 0. The number of nitrogens with zero attached hydrogens (tertiary/aromatic N) is 2. The average molecular weight is 202 g/mol. The zero-order valence-electron chi connectivity index (χ0n) is 8.97. The lowest BCUT2D eigenvalue weighted by molar-refractivity contribution is 0.407. The molecule has 0 saturated heterocycles. The van der Waals surface area contributed by atoms with Crippen LogP contribution in [-0.2, 0) is 6.42 Å². The fourth-order valence-corrected chi connectivity index (χ4v) is 1.68. The fraction of sp³-hybridized carbons (Fsp3) is 0.250. The van der Waals surface area contributed by atoms with Crippen molar-refractivity contribution in [3.8, 4) is 11.4 Å². The normalized spacial score (nSPS) is 10.3. The Hall–Kier alpha value is -1.77. The van der Waals surface area contributed by atoms with Gasteiger partial charge in [-0.3, -0.25) is 0 Å². The molecule has 0 aliphatic rings. The lowest BCUT2D eigenvalue weighted by atomic mass is 10.1. The van der Waals surface area contributed by atoms with Gasteiger partial charge >= 0.3 is 0 Å². The lowest BCUT2D eigenvalue weighted by Crippen LogP contribution is -2.00. The van der Waals surface area contributed by atoms with E-state index in [2.05, 4.69) is 18.1 Å². The maximum absolute atomic E-state index is 5.43. The first-order valence-electron chi connectivity index (χ1n) is 5.02. The molecule has 0 aliphatic carbocycles. The molecule has 3 heteroatoms. The van der Waals surface area contributed by atoms with Crippen LogP contribution in [-0.4, -0.2) is 16.9 Å². The highest BCUT2D eigenvalue weighted by molar-refractivity contribution is 5.51. The minimum absolute atomic E-state index is 0.906. The fourth-order valence-electron chi connectivity index (χ4n) is 1.68. The standard InChI is InChI=1S/C12H14N2O/c1-3-10-6-4-7-11(12(10)15-2)14-9-5-8-13-14/h4-9H,3H2,1-2H3. The summed E-state index contributed by atoms with van der Waals surface area (Å²) in [6, 6.07) is 8.01. The van der Waals surface area contributed by atoms with Crippen LogP contribution in [0.25, 0.3) is 5.69 Å². The summed E-state index contributed by atoms with van der Waals surface area (Å²) < 4.78 is 7.25. The molecule has 1 heterocycles. The third kappa shape index (κ3) is 1.73. The summed E-state index contributed by atoms with van der Waals surface area (Å²) in [6.45, 7) is 2.12. The van der Waals surface area contributed by atoms with Crippen molar-refractivity contribution in [2.45, 2.75) is 13.3 Å². The summed E-state index contributed by atoms with van der Waals surface area (Å²) in [5.74, 6) is 0.906. The van der Waals surface area contributed by atoms with Crippen LogP contribution in [0.3, 0.4) is 0 Å². The highest BCUT2D eigenvalue weighted by Gasteiger charge is 2.08. The molecule has 3 nitrogen and oxygen atoms in total. The monoisotopic (exact) mass is 202 g/mol. The number of benzene rings is 1. The van der Waals surface area contributed by atoms with Gasteiger partial charge in [0.25, 0.3) is 0 Å². The summed E-state index contributed by atoms with van der Waals surface area (Å²) in [6.07, 6.45) is 4.63. The van der Waals surface area contributed by atoms with E-state index >= 15 is 0 Å². The predicted molar refractivity (Wildman–Crippen MR) is 59.5 cm³/mol. The van der Waals surface area contributed by atoms with Crippen molar-refractivity contribution in [2.75, 3.05) is 7.11 Å². The van der Waals surface area contributed by atoms with Crippen molar-refractivity contribution in [2.24, 2.45) is 0 Å². The molecule has 0 N–H and O–H groups in total. The van der Waals surface area contributed by atoms with E-state index in [0.29, 0.717) is 0 Å².